The van der Waals surface area contributed by atoms with Crippen LogP contribution in [0.5, 0.6) is 0 Å². The van der Waals surface area contributed by atoms with Gasteiger partial charge in [-0.2, -0.15) is 0 Å². The number of carboxylic acids is 1. The molecule has 0 spiro atoms. The first-order valence-electron chi connectivity index (χ1n) is 4.40. The van der Waals surface area contributed by atoms with Crippen LogP contribution in [0.25, 0.3) is 0 Å². The van der Waals surface area contributed by atoms with Crippen LogP contribution in [0.1, 0.15) is 13.8 Å². The summed E-state index contributed by atoms with van der Waals surface area (Å²) in [6.07, 6.45) is 2.90. The molecule has 2 atom stereocenters. The molecule has 4 heteroatoms. The van der Waals surface area contributed by atoms with E-state index in [9.17, 15) is 9.59 Å². The van der Waals surface area contributed by atoms with E-state index < -0.39 is 11.9 Å². The fourth-order valence-electron chi connectivity index (χ4n) is 1.76. The Balaban J connectivity index is 2.61. The highest BCUT2D eigenvalue weighted by atomic mass is 16.5. The zero-order chi connectivity index (χ0) is 10.9. The molecule has 0 amide bonds. The summed E-state index contributed by atoms with van der Waals surface area (Å²) in [6, 6.07) is 0. The molecule has 1 aliphatic rings. The molecule has 1 fully saturated rings. The second-order valence-electron chi connectivity index (χ2n) is 4.05. The van der Waals surface area contributed by atoms with Crippen LogP contribution >= 0.6 is 0 Å². The van der Waals surface area contributed by atoms with Crippen molar-refractivity contribution in [3.63, 3.8) is 0 Å². The van der Waals surface area contributed by atoms with E-state index in [2.05, 4.69) is 4.74 Å². The maximum atomic E-state index is 10.8. The first kappa shape index (κ1) is 10.8. The number of carboxylic acid groups (broad SMARTS) is 1. The standard InChI is InChI=1S/C10H14O4/c1-10(2)6(8(10)9(12)13)4-5-7(11)14-3/h4-6,8H,1-3H3,(H,12,13)/b5-4-/t6-,8-/m0/s1. The molecule has 14 heavy (non-hydrogen) atoms. The molecule has 4 nitrogen and oxygen atoms in total. The van der Waals surface area contributed by atoms with Gasteiger partial charge in [-0.1, -0.05) is 19.9 Å². The van der Waals surface area contributed by atoms with Gasteiger partial charge in [0.1, 0.15) is 0 Å². The average Bonchev–Trinajstić information content (AvgIpc) is 2.64. The Bertz CT molecular complexity index is 290. The van der Waals surface area contributed by atoms with Gasteiger partial charge in [0.2, 0.25) is 0 Å². The van der Waals surface area contributed by atoms with Crippen molar-refractivity contribution in [3.8, 4) is 0 Å². The van der Waals surface area contributed by atoms with Crippen molar-refractivity contribution < 1.29 is 19.4 Å². The molecule has 1 saturated carbocycles. The van der Waals surface area contributed by atoms with Crippen LogP contribution in [-0.2, 0) is 14.3 Å². The molecule has 0 bridgehead atoms. The first-order valence-corrected chi connectivity index (χ1v) is 4.40. The van der Waals surface area contributed by atoms with E-state index in [4.69, 9.17) is 5.11 Å². The summed E-state index contributed by atoms with van der Waals surface area (Å²) < 4.78 is 4.42. The monoisotopic (exact) mass is 198 g/mol. The lowest BCUT2D eigenvalue weighted by Crippen LogP contribution is -2.03. The Hall–Kier alpha value is -1.32. The number of hydrogen-bond acceptors (Lipinski definition) is 3. The van der Waals surface area contributed by atoms with Crippen LogP contribution in [0.15, 0.2) is 12.2 Å². The second-order valence-corrected chi connectivity index (χ2v) is 4.05. The zero-order valence-electron chi connectivity index (χ0n) is 8.48. The topological polar surface area (TPSA) is 63.6 Å². The maximum Gasteiger partial charge on any atom is 0.330 e. The van der Waals surface area contributed by atoms with Gasteiger partial charge in [0.25, 0.3) is 0 Å². The van der Waals surface area contributed by atoms with Gasteiger partial charge < -0.3 is 9.84 Å². The van der Waals surface area contributed by atoms with Crippen LogP contribution in [0.4, 0.5) is 0 Å². The molecule has 0 heterocycles. The molecular formula is C10H14O4. The van der Waals surface area contributed by atoms with Crippen LogP contribution in [0.2, 0.25) is 0 Å². The third-order valence-corrected chi connectivity index (χ3v) is 2.82. The van der Waals surface area contributed by atoms with E-state index in [0.29, 0.717) is 0 Å². The summed E-state index contributed by atoms with van der Waals surface area (Å²) in [4.78, 5) is 21.5. The van der Waals surface area contributed by atoms with Crippen LogP contribution in [-0.4, -0.2) is 24.2 Å². The molecular weight excluding hydrogens is 184 g/mol. The van der Waals surface area contributed by atoms with Crippen molar-refractivity contribution in [2.75, 3.05) is 7.11 Å². The Labute approximate surface area is 82.6 Å². The summed E-state index contributed by atoms with van der Waals surface area (Å²) in [7, 11) is 1.29. The molecule has 1 N–H and O–H groups in total. The number of allylic oxidation sites excluding steroid dienone is 1. The number of carbonyl (C=O) groups excluding carboxylic acids is 1. The smallest absolute Gasteiger partial charge is 0.330 e. The van der Waals surface area contributed by atoms with E-state index >= 15 is 0 Å². The zero-order valence-corrected chi connectivity index (χ0v) is 8.48. The Kier molecular flexibility index (Phi) is 2.64. The lowest BCUT2D eigenvalue weighted by atomic mass is 10.1. The van der Waals surface area contributed by atoms with E-state index in [1.807, 2.05) is 13.8 Å². The van der Waals surface area contributed by atoms with Crippen LogP contribution in [0.3, 0.4) is 0 Å². The SMILES string of the molecule is COC(=O)/C=C\[C@H]1[C@@H](C(=O)O)C1(C)C. The quantitative estimate of drug-likeness (QED) is 0.544. The molecule has 0 unspecified atom stereocenters. The minimum Gasteiger partial charge on any atom is -0.481 e. The molecule has 0 aromatic heterocycles. The van der Waals surface area contributed by atoms with Gasteiger partial charge in [-0.15, -0.1) is 0 Å². The lowest BCUT2D eigenvalue weighted by molar-refractivity contribution is -0.139. The molecule has 1 rings (SSSR count). The number of carbonyl (C=O) groups is 2. The summed E-state index contributed by atoms with van der Waals surface area (Å²) in [5.41, 5.74) is -0.254. The predicted molar refractivity (Wildman–Crippen MR) is 49.6 cm³/mol. The molecule has 1 aliphatic carbocycles. The van der Waals surface area contributed by atoms with Crippen molar-refractivity contribution in [3.05, 3.63) is 12.2 Å². The summed E-state index contributed by atoms with van der Waals surface area (Å²) >= 11 is 0. The lowest BCUT2D eigenvalue weighted by Gasteiger charge is -1.96. The van der Waals surface area contributed by atoms with Crippen LogP contribution in [0, 0.1) is 17.3 Å². The first-order chi connectivity index (χ1) is 6.41. The van der Waals surface area contributed by atoms with Crippen molar-refractivity contribution in [2.24, 2.45) is 17.3 Å². The van der Waals surface area contributed by atoms with Crippen molar-refractivity contribution in [1.29, 1.82) is 0 Å². The minimum atomic E-state index is -0.811. The van der Waals surface area contributed by atoms with Crippen LogP contribution < -0.4 is 0 Å². The summed E-state index contributed by atoms with van der Waals surface area (Å²) in [5.74, 6) is -1.71. The Morgan fingerprint density at radius 1 is 1.43 bits per heavy atom. The third kappa shape index (κ3) is 1.78. The number of aliphatic carboxylic acids is 1. The fraction of sp³-hybridized carbons (Fsp3) is 0.600. The van der Waals surface area contributed by atoms with E-state index in [1.54, 1.807) is 6.08 Å². The molecule has 0 aromatic rings. The van der Waals surface area contributed by atoms with Gasteiger partial charge in [-0.25, -0.2) is 4.79 Å². The van der Waals surface area contributed by atoms with Crippen molar-refractivity contribution >= 4 is 11.9 Å². The molecule has 0 aliphatic heterocycles. The van der Waals surface area contributed by atoms with Gasteiger partial charge in [-0.05, 0) is 11.3 Å². The van der Waals surface area contributed by atoms with Gasteiger partial charge >= 0.3 is 11.9 Å². The molecule has 0 aromatic carbocycles. The van der Waals surface area contributed by atoms with Gasteiger partial charge in [0.15, 0.2) is 0 Å². The number of esters is 1. The van der Waals surface area contributed by atoms with Gasteiger partial charge in [0.05, 0.1) is 13.0 Å². The molecule has 0 radical (unpaired) electrons. The minimum absolute atomic E-state index is 0.0703. The predicted octanol–water partition coefficient (Wildman–Crippen LogP) is 1.07. The van der Waals surface area contributed by atoms with E-state index in [1.165, 1.54) is 13.2 Å². The normalized spacial score (nSPS) is 28.8. The van der Waals surface area contributed by atoms with Gasteiger partial charge in [0, 0.05) is 6.08 Å². The average molecular weight is 198 g/mol. The number of rotatable bonds is 3. The second kappa shape index (κ2) is 3.44. The number of methoxy groups -OCH3 is 1. The highest BCUT2D eigenvalue weighted by Crippen LogP contribution is 2.58. The molecule has 0 saturated heterocycles. The van der Waals surface area contributed by atoms with E-state index in [-0.39, 0.29) is 17.3 Å². The summed E-state index contributed by atoms with van der Waals surface area (Å²) in [6.45, 7) is 3.75. The van der Waals surface area contributed by atoms with Gasteiger partial charge in [-0.3, -0.25) is 4.79 Å². The van der Waals surface area contributed by atoms with Crippen molar-refractivity contribution in [1.82, 2.24) is 0 Å². The Morgan fingerprint density at radius 3 is 2.36 bits per heavy atom. The molecule has 78 valence electrons. The summed E-state index contributed by atoms with van der Waals surface area (Å²) in [5, 5.41) is 8.83. The van der Waals surface area contributed by atoms with E-state index in [0.717, 1.165) is 0 Å². The van der Waals surface area contributed by atoms with Crippen molar-refractivity contribution in [2.45, 2.75) is 13.8 Å². The highest BCUT2D eigenvalue weighted by Gasteiger charge is 2.60. The highest BCUT2D eigenvalue weighted by molar-refractivity contribution is 5.82. The third-order valence-electron chi connectivity index (χ3n) is 2.82. The Morgan fingerprint density at radius 2 is 2.00 bits per heavy atom. The number of hydrogen-bond donors (Lipinski definition) is 1. The number of ether oxygens (including phenoxy) is 1. The fourth-order valence-corrected chi connectivity index (χ4v) is 1.76. The largest absolute Gasteiger partial charge is 0.481 e. The maximum absolute atomic E-state index is 10.8.